The third kappa shape index (κ3) is 3.30. The van der Waals surface area contributed by atoms with E-state index in [0.717, 1.165) is 6.42 Å². The SMILES string of the molecule is CC(C)(C)CC1OC(C)(C(C)(C)C)C(C)(F)C1C(C)(C)C. The van der Waals surface area contributed by atoms with Gasteiger partial charge in [0.2, 0.25) is 0 Å². The average molecular weight is 301 g/mol. The zero-order valence-electron chi connectivity index (χ0n) is 16.1. The second-order valence-electron chi connectivity index (χ2n) is 10.6. The molecule has 0 aromatic rings. The minimum absolute atomic E-state index is 0.0378. The highest BCUT2D eigenvalue weighted by molar-refractivity contribution is 5.15. The van der Waals surface area contributed by atoms with Crippen molar-refractivity contribution in [3.05, 3.63) is 0 Å². The Kier molecular flexibility index (Phi) is 4.46. The van der Waals surface area contributed by atoms with Crippen LogP contribution in [0.15, 0.2) is 0 Å². The Balaban J connectivity index is 3.35. The summed E-state index contributed by atoms with van der Waals surface area (Å²) >= 11 is 0. The van der Waals surface area contributed by atoms with Crippen LogP contribution in [0.5, 0.6) is 0 Å². The van der Waals surface area contributed by atoms with Gasteiger partial charge in [-0.15, -0.1) is 0 Å². The number of ether oxygens (including phenoxy) is 1. The van der Waals surface area contributed by atoms with Gasteiger partial charge in [0.25, 0.3) is 0 Å². The third-order valence-corrected chi connectivity index (χ3v) is 5.45. The van der Waals surface area contributed by atoms with E-state index in [0.29, 0.717) is 0 Å². The van der Waals surface area contributed by atoms with Gasteiger partial charge in [0.1, 0.15) is 11.3 Å². The fraction of sp³-hybridized carbons (Fsp3) is 1.00. The maximum Gasteiger partial charge on any atom is 0.143 e. The summed E-state index contributed by atoms with van der Waals surface area (Å²) in [7, 11) is 0. The van der Waals surface area contributed by atoms with Gasteiger partial charge >= 0.3 is 0 Å². The summed E-state index contributed by atoms with van der Waals surface area (Å²) in [5, 5.41) is 0. The molecule has 0 aromatic heterocycles. The molecule has 0 spiro atoms. The van der Waals surface area contributed by atoms with Crippen molar-refractivity contribution in [1.82, 2.24) is 0 Å². The van der Waals surface area contributed by atoms with E-state index in [1.54, 1.807) is 6.92 Å². The first-order valence-corrected chi connectivity index (χ1v) is 8.30. The Morgan fingerprint density at radius 2 is 1.33 bits per heavy atom. The lowest BCUT2D eigenvalue weighted by atomic mass is 9.60. The molecule has 126 valence electrons. The second-order valence-corrected chi connectivity index (χ2v) is 10.6. The molecule has 4 atom stereocenters. The van der Waals surface area contributed by atoms with Gasteiger partial charge in [-0.3, -0.25) is 0 Å². The number of hydrogen-bond acceptors (Lipinski definition) is 1. The van der Waals surface area contributed by atoms with E-state index < -0.39 is 11.3 Å². The molecule has 0 amide bonds. The lowest BCUT2D eigenvalue weighted by Gasteiger charge is -2.47. The van der Waals surface area contributed by atoms with Gasteiger partial charge in [0, 0.05) is 5.92 Å². The Morgan fingerprint density at radius 3 is 1.62 bits per heavy atom. The summed E-state index contributed by atoms with van der Waals surface area (Å²) in [5.41, 5.74) is -2.35. The third-order valence-electron chi connectivity index (χ3n) is 5.45. The van der Waals surface area contributed by atoms with Crippen LogP contribution in [0.4, 0.5) is 4.39 Å². The Labute approximate surface area is 132 Å². The summed E-state index contributed by atoms with van der Waals surface area (Å²) in [6, 6.07) is 0. The van der Waals surface area contributed by atoms with Crippen molar-refractivity contribution in [3.63, 3.8) is 0 Å². The van der Waals surface area contributed by atoms with Gasteiger partial charge in [-0.25, -0.2) is 4.39 Å². The van der Waals surface area contributed by atoms with Crippen molar-refractivity contribution in [2.24, 2.45) is 22.2 Å². The molecule has 0 aliphatic carbocycles. The predicted molar refractivity (Wildman–Crippen MR) is 89.3 cm³/mol. The summed E-state index contributed by atoms with van der Waals surface area (Å²) in [6.45, 7) is 23.0. The molecule has 0 aromatic carbocycles. The Hall–Kier alpha value is -0.110. The zero-order chi connectivity index (χ0) is 17.1. The van der Waals surface area contributed by atoms with Crippen LogP contribution in [0.3, 0.4) is 0 Å². The van der Waals surface area contributed by atoms with E-state index in [1.165, 1.54) is 0 Å². The van der Waals surface area contributed by atoms with Crippen molar-refractivity contribution < 1.29 is 9.13 Å². The van der Waals surface area contributed by atoms with Gasteiger partial charge in [-0.2, -0.15) is 0 Å². The molecule has 1 heterocycles. The topological polar surface area (TPSA) is 9.23 Å². The highest BCUT2D eigenvalue weighted by Gasteiger charge is 2.68. The normalized spacial score (nSPS) is 38.9. The van der Waals surface area contributed by atoms with Crippen molar-refractivity contribution in [3.8, 4) is 0 Å². The van der Waals surface area contributed by atoms with E-state index in [2.05, 4.69) is 62.3 Å². The van der Waals surface area contributed by atoms with E-state index in [4.69, 9.17) is 4.74 Å². The molecular formula is C19H37FO. The fourth-order valence-electron chi connectivity index (χ4n) is 4.18. The molecule has 1 rings (SSSR count). The van der Waals surface area contributed by atoms with Crippen LogP contribution in [-0.4, -0.2) is 17.4 Å². The molecule has 1 aliphatic heterocycles. The first-order chi connectivity index (χ1) is 8.93. The number of hydrogen-bond donors (Lipinski definition) is 0. The first kappa shape index (κ1) is 18.9. The van der Waals surface area contributed by atoms with Crippen LogP contribution < -0.4 is 0 Å². The molecule has 1 fully saturated rings. The standard InChI is InChI=1S/C19H37FO/c1-15(2,3)12-13-14(16(4,5)6)18(10,20)19(11,21-13)17(7,8)9/h13-14H,12H2,1-11H3. The predicted octanol–water partition coefficient (Wildman–Crippen LogP) is 6.02. The molecule has 1 nitrogen and oxygen atoms in total. The van der Waals surface area contributed by atoms with E-state index in [1.807, 2.05) is 6.92 Å². The summed E-state index contributed by atoms with van der Waals surface area (Å²) < 4.78 is 22.5. The largest absolute Gasteiger partial charge is 0.368 e. The minimum atomic E-state index is -1.35. The maximum atomic E-state index is 16.0. The fourth-order valence-corrected chi connectivity index (χ4v) is 4.18. The maximum absolute atomic E-state index is 16.0. The van der Waals surface area contributed by atoms with Gasteiger partial charge in [-0.05, 0) is 36.5 Å². The molecule has 0 bridgehead atoms. The molecule has 21 heavy (non-hydrogen) atoms. The molecule has 4 unspecified atom stereocenters. The highest BCUT2D eigenvalue weighted by Crippen LogP contribution is 2.60. The molecule has 0 saturated carbocycles. The lowest BCUT2D eigenvalue weighted by Crippen LogP contribution is -2.56. The van der Waals surface area contributed by atoms with Crippen LogP contribution >= 0.6 is 0 Å². The number of alkyl halides is 1. The van der Waals surface area contributed by atoms with Crippen molar-refractivity contribution in [2.45, 2.75) is 100.0 Å². The Morgan fingerprint density at radius 1 is 0.905 bits per heavy atom. The monoisotopic (exact) mass is 300 g/mol. The molecule has 1 aliphatic rings. The lowest BCUT2D eigenvalue weighted by molar-refractivity contribution is -0.150. The van der Waals surface area contributed by atoms with Crippen LogP contribution in [0.1, 0.15) is 82.6 Å². The van der Waals surface area contributed by atoms with Crippen molar-refractivity contribution in [1.29, 1.82) is 0 Å². The number of halogens is 1. The van der Waals surface area contributed by atoms with Crippen LogP contribution in [0.2, 0.25) is 0 Å². The highest BCUT2D eigenvalue weighted by atomic mass is 19.1. The van der Waals surface area contributed by atoms with Gasteiger partial charge < -0.3 is 4.74 Å². The quantitative estimate of drug-likeness (QED) is 0.575. The van der Waals surface area contributed by atoms with Crippen molar-refractivity contribution in [2.75, 3.05) is 0 Å². The van der Waals surface area contributed by atoms with Gasteiger partial charge in [0.05, 0.1) is 6.10 Å². The average Bonchev–Trinajstić information content (AvgIpc) is 2.28. The Bertz CT molecular complexity index is 378. The van der Waals surface area contributed by atoms with Crippen LogP contribution in [-0.2, 0) is 4.74 Å². The van der Waals surface area contributed by atoms with Gasteiger partial charge in [0.15, 0.2) is 0 Å². The van der Waals surface area contributed by atoms with Crippen LogP contribution in [0, 0.1) is 22.2 Å². The molecule has 1 saturated heterocycles. The minimum Gasteiger partial charge on any atom is -0.368 e. The van der Waals surface area contributed by atoms with E-state index in [-0.39, 0.29) is 28.3 Å². The summed E-state index contributed by atoms with van der Waals surface area (Å²) in [4.78, 5) is 0. The summed E-state index contributed by atoms with van der Waals surface area (Å²) in [6.07, 6.45) is 0.851. The second kappa shape index (κ2) is 4.94. The van der Waals surface area contributed by atoms with E-state index >= 15 is 4.39 Å². The zero-order valence-corrected chi connectivity index (χ0v) is 16.1. The van der Waals surface area contributed by atoms with Gasteiger partial charge in [-0.1, -0.05) is 62.3 Å². The molecule has 0 N–H and O–H groups in total. The smallest absolute Gasteiger partial charge is 0.143 e. The van der Waals surface area contributed by atoms with Crippen molar-refractivity contribution >= 4 is 0 Å². The number of rotatable bonds is 1. The molecule has 2 heteroatoms. The molecule has 0 radical (unpaired) electrons. The summed E-state index contributed by atoms with van der Waals surface area (Å²) in [5.74, 6) is -0.103. The molecular weight excluding hydrogens is 263 g/mol. The first-order valence-electron chi connectivity index (χ1n) is 8.30. The van der Waals surface area contributed by atoms with E-state index in [9.17, 15) is 0 Å². The van der Waals surface area contributed by atoms with Crippen LogP contribution in [0.25, 0.3) is 0 Å².